The Morgan fingerprint density at radius 3 is 2.10 bits per heavy atom. The monoisotopic (exact) mass is 278 g/mol. The van der Waals surface area contributed by atoms with Crippen LogP contribution in [0.15, 0.2) is 24.3 Å². The molecule has 5 heteroatoms. The fourth-order valence-electron chi connectivity index (χ4n) is 1.98. The molecule has 0 aromatic heterocycles. The van der Waals surface area contributed by atoms with Gasteiger partial charge in [0.05, 0.1) is 7.11 Å². The second-order valence-corrected chi connectivity index (χ2v) is 5.26. The highest BCUT2D eigenvalue weighted by Gasteiger charge is 2.41. The third-order valence-corrected chi connectivity index (χ3v) is 3.96. The summed E-state index contributed by atoms with van der Waals surface area (Å²) in [5, 5.41) is 0. The predicted octanol–water partition coefficient (Wildman–Crippen LogP) is 1.67. The molecule has 0 bridgehead atoms. The summed E-state index contributed by atoms with van der Waals surface area (Å²) < 4.78 is 5.05. The highest BCUT2D eigenvalue weighted by atomic mass is 16.5. The van der Waals surface area contributed by atoms with Crippen molar-refractivity contribution in [1.82, 2.24) is 4.90 Å². The number of rotatable bonds is 5. The topological polar surface area (TPSA) is 72.6 Å². The number of amides is 2. The van der Waals surface area contributed by atoms with Crippen molar-refractivity contribution in [2.24, 2.45) is 11.7 Å². The minimum absolute atomic E-state index is 0.0906. The van der Waals surface area contributed by atoms with Gasteiger partial charge in [-0.1, -0.05) is 13.8 Å². The zero-order valence-electron chi connectivity index (χ0n) is 12.6. The van der Waals surface area contributed by atoms with Crippen molar-refractivity contribution in [1.29, 1.82) is 0 Å². The summed E-state index contributed by atoms with van der Waals surface area (Å²) in [5.74, 6) is -0.183. The number of nitrogens with zero attached hydrogens (tertiary/aromatic N) is 1. The second-order valence-electron chi connectivity index (χ2n) is 5.26. The maximum atomic E-state index is 12.5. The molecule has 1 rings (SSSR count). The summed E-state index contributed by atoms with van der Waals surface area (Å²) in [4.78, 5) is 25.6. The average Bonchev–Trinajstić information content (AvgIpc) is 2.44. The van der Waals surface area contributed by atoms with Crippen molar-refractivity contribution in [2.75, 3.05) is 14.2 Å². The lowest BCUT2D eigenvalue weighted by Crippen LogP contribution is -2.59. The minimum Gasteiger partial charge on any atom is -0.497 e. The second kappa shape index (κ2) is 5.94. The van der Waals surface area contributed by atoms with E-state index in [1.54, 1.807) is 45.3 Å². The quantitative estimate of drug-likeness (QED) is 0.890. The van der Waals surface area contributed by atoms with Crippen molar-refractivity contribution in [3.8, 4) is 5.75 Å². The van der Waals surface area contributed by atoms with Crippen LogP contribution in [0.4, 0.5) is 0 Å². The van der Waals surface area contributed by atoms with Gasteiger partial charge in [-0.2, -0.15) is 0 Å². The molecule has 0 spiro atoms. The first kappa shape index (κ1) is 16.0. The molecule has 0 fully saturated rings. The van der Waals surface area contributed by atoms with Gasteiger partial charge in [0.25, 0.3) is 5.91 Å². The Bertz CT molecular complexity index is 496. The number of benzene rings is 1. The van der Waals surface area contributed by atoms with Gasteiger partial charge in [-0.25, -0.2) is 0 Å². The molecule has 1 unspecified atom stereocenters. The van der Waals surface area contributed by atoms with E-state index >= 15 is 0 Å². The molecule has 0 heterocycles. The maximum Gasteiger partial charge on any atom is 0.254 e. The van der Waals surface area contributed by atoms with E-state index in [0.717, 1.165) is 0 Å². The number of carbonyl (C=O) groups excluding carboxylic acids is 2. The fraction of sp³-hybridized carbons (Fsp3) is 0.467. The lowest BCUT2D eigenvalue weighted by Gasteiger charge is -2.39. The van der Waals surface area contributed by atoms with E-state index in [2.05, 4.69) is 0 Å². The van der Waals surface area contributed by atoms with Gasteiger partial charge in [-0.05, 0) is 37.1 Å². The van der Waals surface area contributed by atoms with E-state index in [4.69, 9.17) is 10.5 Å². The Morgan fingerprint density at radius 2 is 1.75 bits per heavy atom. The van der Waals surface area contributed by atoms with E-state index in [9.17, 15) is 9.59 Å². The number of primary amides is 1. The van der Waals surface area contributed by atoms with Crippen LogP contribution in [-0.2, 0) is 4.79 Å². The summed E-state index contributed by atoms with van der Waals surface area (Å²) in [6.45, 7) is 5.41. The van der Waals surface area contributed by atoms with E-state index in [1.165, 1.54) is 4.90 Å². The molecular weight excluding hydrogens is 256 g/mol. The zero-order valence-corrected chi connectivity index (χ0v) is 12.6. The molecule has 0 saturated heterocycles. The van der Waals surface area contributed by atoms with Crippen molar-refractivity contribution < 1.29 is 14.3 Å². The van der Waals surface area contributed by atoms with Gasteiger partial charge in [0.1, 0.15) is 11.3 Å². The molecule has 20 heavy (non-hydrogen) atoms. The average molecular weight is 278 g/mol. The van der Waals surface area contributed by atoms with Gasteiger partial charge in [-0.3, -0.25) is 9.59 Å². The van der Waals surface area contributed by atoms with Crippen LogP contribution in [0.3, 0.4) is 0 Å². The van der Waals surface area contributed by atoms with E-state index in [-0.39, 0.29) is 11.8 Å². The lowest BCUT2D eigenvalue weighted by molar-refractivity contribution is -0.129. The van der Waals surface area contributed by atoms with Crippen LogP contribution >= 0.6 is 0 Å². The van der Waals surface area contributed by atoms with Gasteiger partial charge in [0.15, 0.2) is 0 Å². The predicted molar refractivity (Wildman–Crippen MR) is 77.5 cm³/mol. The molecule has 1 aromatic rings. The SMILES string of the molecule is COc1ccc(C(=O)N(C)C(C)(C(N)=O)C(C)C)cc1. The normalized spacial score (nSPS) is 13.7. The van der Waals surface area contributed by atoms with E-state index < -0.39 is 11.4 Å². The summed E-state index contributed by atoms with van der Waals surface area (Å²) in [7, 11) is 3.16. The lowest BCUT2D eigenvalue weighted by atomic mass is 9.85. The Balaban J connectivity index is 3.08. The van der Waals surface area contributed by atoms with Crippen molar-refractivity contribution >= 4 is 11.8 Å². The van der Waals surface area contributed by atoms with Gasteiger partial charge in [-0.15, -0.1) is 0 Å². The van der Waals surface area contributed by atoms with Crippen LogP contribution in [-0.4, -0.2) is 36.4 Å². The van der Waals surface area contributed by atoms with Gasteiger partial charge < -0.3 is 15.4 Å². The first-order valence-corrected chi connectivity index (χ1v) is 6.47. The van der Waals surface area contributed by atoms with Crippen LogP contribution in [0.25, 0.3) is 0 Å². The molecule has 110 valence electrons. The Morgan fingerprint density at radius 1 is 1.25 bits per heavy atom. The molecule has 5 nitrogen and oxygen atoms in total. The van der Waals surface area contributed by atoms with Crippen LogP contribution in [0.2, 0.25) is 0 Å². The number of nitrogens with two attached hydrogens (primary N) is 1. The minimum atomic E-state index is -1.03. The molecule has 0 aliphatic heterocycles. The largest absolute Gasteiger partial charge is 0.497 e. The number of ether oxygens (including phenoxy) is 1. The first-order valence-electron chi connectivity index (χ1n) is 6.47. The summed E-state index contributed by atoms with van der Waals surface area (Å²) in [6.07, 6.45) is 0. The molecule has 1 aromatic carbocycles. The third-order valence-electron chi connectivity index (χ3n) is 3.96. The van der Waals surface area contributed by atoms with Crippen LogP contribution < -0.4 is 10.5 Å². The highest BCUT2D eigenvalue weighted by molar-refractivity contribution is 5.98. The van der Waals surface area contributed by atoms with Gasteiger partial charge >= 0.3 is 0 Å². The molecule has 0 saturated carbocycles. The number of hydrogen-bond donors (Lipinski definition) is 1. The Kier molecular flexibility index (Phi) is 4.76. The van der Waals surface area contributed by atoms with Crippen molar-refractivity contribution in [3.05, 3.63) is 29.8 Å². The third kappa shape index (κ3) is 2.76. The molecular formula is C15H22N2O3. The first-order chi connectivity index (χ1) is 9.25. The van der Waals surface area contributed by atoms with Crippen LogP contribution in [0, 0.1) is 5.92 Å². The molecule has 1 atom stereocenters. The number of methoxy groups -OCH3 is 1. The van der Waals surface area contributed by atoms with E-state index in [1.807, 2.05) is 13.8 Å². The highest BCUT2D eigenvalue weighted by Crippen LogP contribution is 2.25. The maximum absolute atomic E-state index is 12.5. The van der Waals surface area contributed by atoms with E-state index in [0.29, 0.717) is 11.3 Å². The smallest absolute Gasteiger partial charge is 0.254 e. The molecule has 2 amide bonds. The van der Waals surface area contributed by atoms with Gasteiger partial charge in [0, 0.05) is 12.6 Å². The summed E-state index contributed by atoms with van der Waals surface area (Å²) in [6, 6.07) is 6.74. The van der Waals surface area contributed by atoms with Crippen molar-refractivity contribution in [2.45, 2.75) is 26.3 Å². The molecule has 0 aliphatic carbocycles. The molecule has 0 aliphatic rings. The van der Waals surface area contributed by atoms with Crippen LogP contribution in [0.5, 0.6) is 5.75 Å². The summed E-state index contributed by atoms with van der Waals surface area (Å²) in [5.41, 5.74) is 4.94. The number of hydrogen-bond acceptors (Lipinski definition) is 3. The van der Waals surface area contributed by atoms with Crippen molar-refractivity contribution in [3.63, 3.8) is 0 Å². The zero-order chi connectivity index (χ0) is 15.5. The van der Waals surface area contributed by atoms with Gasteiger partial charge in [0.2, 0.25) is 5.91 Å². The Labute approximate surface area is 119 Å². The molecule has 0 radical (unpaired) electrons. The summed E-state index contributed by atoms with van der Waals surface area (Å²) >= 11 is 0. The standard InChI is InChI=1S/C15H22N2O3/c1-10(2)15(3,14(16)19)17(4)13(18)11-6-8-12(20-5)9-7-11/h6-10H,1-5H3,(H2,16,19). The molecule has 2 N–H and O–H groups in total. The fourth-order valence-corrected chi connectivity index (χ4v) is 1.98. The van der Waals surface area contributed by atoms with Crippen LogP contribution in [0.1, 0.15) is 31.1 Å². The number of carbonyl (C=O) groups is 2. The number of likely N-dealkylation sites (N-methyl/N-ethyl adjacent to an activating group) is 1. The Hall–Kier alpha value is -2.04.